The lowest BCUT2D eigenvalue weighted by atomic mass is 10.1. The molecule has 1 aliphatic heterocycles. The number of hydrogen-bond donors (Lipinski definition) is 1. The Balaban J connectivity index is 1.90. The van der Waals surface area contributed by atoms with Crippen molar-refractivity contribution in [2.45, 2.75) is 38.7 Å². The molecule has 2 rings (SSSR count). The number of aromatic nitrogens is 2. The number of nitrogens with zero attached hydrogens (tertiary/aromatic N) is 3. The molecule has 2 heterocycles. The van der Waals surface area contributed by atoms with Gasteiger partial charge in [-0.15, -0.1) is 5.10 Å². The highest BCUT2D eigenvalue weighted by atomic mass is 16.5. The van der Waals surface area contributed by atoms with Crippen LogP contribution in [0.1, 0.15) is 32.6 Å². The van der Waals surface area contributed by atoms with E-state index < -0.39 is 0 Å². The molecule has 0 aromatic carbocycles. The van der Waals surface area contributed by atoms with Gasteiger partial charge in [0.2, 0.25) is 0 Å². The van der Waals surface area contributed by atoms with Crippen molar-refractivity contribution in [1.82, 2.24) is 15.1 Å². The molecule has 20 heavy (non-hydrogen) atoms. The first-order chi connectivity index (χ1) is 9.79. The molecular weight excluding hydrogens is 256 g/mol. The number of hydrogen-bond acceptors (Lipinski definition) is 4. The van der Waals surface area contributed by atoms with Gasteiger partial charge in [-0.1, -0.05) is 6.92 Å². The Hall–Kier alpha value is -1.69. The van der Waals surface area contributed by atoms with E-state index in [1.54, 1.807) is 23.2 Å². The number of anilines is 1. The van der Waals surface area contributed by atoms with Crippen molar-refractivity contribution in [3.63, 3.8) is 0 Å². The minimum Gasteiger partial charge on any atom is -0.376 e. The lowest BCUT2D eigenvalue weighted by Gasteiger charge is -2.29. The molecule has 0 bridgehead atoms. The van der Waals surface area contributed by atoms with Crippen LogP contribution in [-0.2, 0) is 4.74 Å². The second-order valence-electron chi connectivity index (χ2n) is 4.97. The van der Waals surface area contributed by atoms with Crippen molar-refractivity contribution in [3.8, 4) is 0 Å². The van der Waals surface area contributed by atoms with Crippen LogP contribution in [0.5, 0.6) is 0 Å². The van der Waals surface area contributed by atoms with Crippen LogP contribution in [-0.4, -0.2) is 46.9 Å². The second-order valence-corrected chi connectivity index (χ2v) is 4.97. The van der Waals surface area contributed by atoms with Crippen LogP contribution < -0.4 is 5.32 Å². The van der Waals surface area contributed by atoms with Crippen molar-refractivity contribution in [2.75, 3.05) is 25.0 Å². The van der Waals surface area contributed by atoms with E-state index in [2.05, 4.69) is 22.4 Å². The van der Waals surface area contributed by atoms with Crippen molar-refractivity contribution in [3.05, 3.63) is 18.3 Å². The first kappa shape index (κ1) is 14.7. The van der Waals surface area contributed by atoms with Crippen LogP contribution in [0, 0.1) is 0 Å². The molecule has 1 aromatic rings. The molecule has 0 spiro atoms. The smallest absolute Gasteiger partial charge is 0.323 e. The van der Waals surface area contributed by atoms with Crippen molar-refractivity contribution in [1.29, 1.82) is 0 Å². The zero-order valence-electron chi connectivity index (χ0n) is 11.9. The maximum absolute atomic E-state index is 12.3. The van der Waals surface area contributed by atoms with E-state index in [9.17, 15) is 4.79 Å². The molecule has 1 aliphatic rings. The molecular formula is C14H22N4O2. The van der Waals surface area contributed by atoms with E-state index in [4.69, 9.17) is 4.74 Å². The van der Waals surface area contributed by atoms with Crippen LogP contribution in [0.15, 0.2) is 18.3 Å². The van der Waals surface area contributed by atoms with Crippen LogP contribution in [0.25, 0.3) is 0 Å². The zero-order chi connectivity index (χ0) is 14.2. The van der Waals surface area contributed by atoms with E-state index in [-0.39, 0.29) is 12.1 Å². The number of urea groups is 1. The van der Waals surface area contributed by atoms with Gasteiger partial charge in [0, 0.05) is 25.9 Å². The quantitative estimate of drug-likeness (QED) is 0.897. The topological polar surface area (TPSA) is 67.3 Å². The predicted molar refractivity (Wildman–Crippen MR) is 76.5 cm³/mol. The fraction of sp³-hybridized carbons (Fsp3) is 0.643. The number of amides is 2. The first-order valence-electron chi connectivity index (χ1n) is 7.25. The SMILES string of the molecule is CCCN(CC1CCCCO1)C(=O)Nc1cccnn1. The van der Waals surface area contributed by atoms with Crippen molar-refractivity contribution < 1.29 is 9.53 Å². The highest BCUT2D eigenvalue weighted by Gasteiger charge is 2.21. The third-order valence-electron chi connectivity index (χ3n) is 3.29. The van der Waals surface area contributed by atoms with Gasteiger partial charge in [-0.2, -0.15) is 5.10 Å². The molecule has 1 unspecified atom stereocenters. The largest absolute Gasteiger partial charge is 0.376 e. The van der Waals surface area contributed by atoms with Gasteiger partial charge in [0.05, 0.1) is 6.10 Å². The summed E-state index contributed by atoms with van der Waals surface area (Å²) in [5.74, 6) is 0.475. The lowest BCUT2D eigenvalue weighted by molar-refractivity contribution is 0.00161. The molecule has 0 saturated carbocycles. The Morgan fingerprint density at radius 3 is 3.10 bits per heavy atom. The molecule has 6 nitrogen and oxygen atoms in total. The minimum absolute atomic E-state index is 0.137. The summed E-state index contributed by atoms with van der Waals surface area (Å²) in [6, 6.07) is 3.34. The number of carbonyl (C=O) groups excluding carboxylic acids is 1. The number of carbonyl (C=O) groups is 1. The van der Waals surface area contributed by atoms with Gasteiger partial charge >= 0.3 is 6.03 Å². The van der Waals surface area contributed by atoms with Crippen LogP contribution in [0.4, 0.5) is 10.6 Å². The van der Waals surface area contributed by atoms with Gasteiger partial charge in [0.25, 0.3) is 0 Å². The second kappa shape index (κ2) is 7.79. The first-order valence-corrected chi connectivity index (χ1v) is 7.25. The van der Waals surface area contributed by atoms with E-state index in [0.717, 1.165) is 25.9 Å². The van der Waals surface area contributed by atoms with Crippen molar-refractivity contribution in [2.24, 2.45) is 0 Å². The van der Waals surface area contributed by atoms with E-state index in [1.807, 2.05) is 0 Å². The summed E-state index contributed by atoms with van der Waals surface area (Å²) in [5.41, 5.74) is 0. The average molecular weight is 278 g/mol. The fourth-order valence-corrected chi connectivity index (χ4v) is 2.30. The van der Waals surface area contributed by atoms with Crippen LogP contribution in [0.2, 0.25) is 0 Å². The molecule has 0 aliphatic carbocycles. The summed E-state index contributed by atoms with van der Waals surface area (Å²) >= 11 is 0. The number of ether oxygens (including phenoxy) is 1. The number of rotatable bonds is 5. The molecule has 0 radical (unpaired) electrons. The van der Waals surface area contributed by atoms with Gasteiger partial charge in [-0.25, -0.2) is 4.79 Å². The van der Waals surface area contributed by atoms with Gasteiger partial charge in [0.15, 0.2) is 5.82 Å². The Kier molecular flexibility index (Phi) is 5.73. The third-order valence-corrected chi connectivity index (χ3v) is 3.29. The molecule has 1 N–H and O–H groups in total. The Morgan fingerprint density at radius 1 is 1.55 bits per heavy atom. The predicted octanol–water partition coefficient (Wildman–Crippen LogP) is 2.29. The van der Waals surface area contributed by atoms with Crippen LogP contribution in [0.3, 0.4) is 0 Å². The molecule has 1 aromatic heterocycles. The monoisotopic (exact) mass is 278 g/mol. The van der Waals surface area contributed by atoms with Gasteiger partial charge in [-0.3, -0.25) is 5.32 Å². The molecule has 2 amide bonds. The highest BCUT2D eigenvalue weighted by Crippen LogP contribution is 2.14. The molecule has 1 saturated heterocycles. The Bertz CT molecular complexity index is 407. The van der Waals surface area contributed by atoms with Gasteiger partial charge in [0.1, 0.15) is 0 Å². The Morgan fingerprint density at radius 2 is 2.45 bits per heavy atom. The third kappa shape index (κ3) is 4.45. The zero-order valence-corrected chi connectivity index (χ0v) is 11.9. The summed E-state index contributed by atoms with van der Waals surface area (Å²) in [4.78, 5) is 14.1. The number of nitrogens with one attached hydrogen (secondary N) is 1. The summed E-state index contributed by atoms with van der Waals surface area (Å²) < 4.78 is 5.71. The molecule has 1 atom stereocenters. The van der Waals surface area contributed by atoms with Gasteiger partial charge < -0.3 is 9.64 Å². The fourth-order valence-electron chi connectivity index (χ4n) is 2.30. The normalized spacial score (nSPS) is 18.6. The summed E-state index contributed by atoms with van der Waals surface area (Å²) in [5, 5.41) is 10.4. The summed E-state index contributed by atoms with van der Waals surface area (Å²) in [6.45, 7) is 4.21. The van der Waals surface area contributed by atoms with E-state index in [1.165, 1.54) is 6.42 Å². The molecule has 110 valence electrons. The molecule has 1 fully saturated rings. The summed E-state index contributed by atoms with van der Waals surface area (Å²) in [6.07, 6.45) is 5.98. The van der Waals surface area contributed by atoms with E-state index in [0.29, 0.717) is 18.9 Å². The standard InChI is InChI=1S/C14H22N4O2/c1-2-9-18(11-12-6-3-4-10-20-12)14(19)16-13-7-5-8-15-17-13/h5,7-8,12H,2-4,6,9-11H2,1H3,(H,16,17,19). The minimum atomic E-state index is -0.137. The van der Waals surface area contributed by atoms with E-state index >= 15 is 0 Å². The lowest BCUT2D eigenvalue weighted by Crippen LogP contribution is -2.42. The maximum Gasteiger partial charge on any atom is 0.323 e. The highest BCUT2D eigenvalue weighted by molar-refractivity contribution is 5.88. The molecule has 6 heteroatoms. The van der Waals surface area contributed by atoms with Crippen LogP contribution >= 0.6 is 0 Å². The average Bonchev–Trinajstić information content (AvgIpc) is 2.49. The van der Waals surface area contributed by atoms with Crippen molar-refractivity contribution >= 4 is 11.8 Å². The summed E-state index contributed by atoms with van der Waals surface area (Å²) in [7, 11) is 0. The van der Waals surface area contributed by atoms with Gasteiger partial charge in [-0.05, 0) is 37.8 Å². The Labute approximate surface area is 119 Å². The maximum atomic E-state index is 12.3.